The monoisotopic (exact) mass is 277 g/mol. The molecular weight excluding hydrogens is 261 g/mol. The lowest BCUT2D eigenvalue weighted by Gasteiger charge is -2.10. The molecule has 0 bridgehead atoms. The van der Waals surface area contributed by atoms with E-state index in [0.717, 1.165) is 0 Å². The third kappa shape index (κ3) is 3.64. The Kier molecular flexibility index (Phi) is 4.47. The summed E-state index contributed by atoms with van der Waals surface area (Å²) in [7, 11) is 0. The van der Waals surface area contributed by atoms with Crippen LogP contribution in [0.4, 0.5) is 10.1 Å². The maximum atomic E-state index is 13.9. The van der Waals surface area contributed by atoms with Crippen molar-refractivity contribution in [2.24, 2.45) is 0 Å². The number of carbonyl (C=O) groups excluding carboxylic acids is 1. The molecule has 5 nitrogen and oxygen atoms in total. The van der Waals surface area contributed by atoms with E-state index in [1.54, 1.807) is 29.1 Å². The number of hydrogen-bond donors (Lipinski definition) is 1. The predicted octanol–water partition coefficient (Wildman–Crippen LogP) is 2.37. The first-order chi connectivity index (χ1) is 9.56. The van der Waals surface area contributed by atoms with E-state index >= 15 is 0 Å². The van der Waals surface area contributed by atoms with Crippen LogP contribution in [0.3, 0.4) is 0 Å². The molecule has 1 aromatic carbocycles. The zero-order valence-corrected chi connectivity index (χ0v) is 11.3. The Bertz CT molecular complexity index is 582. The molecule has 2 aromatic rings. The van der Waals surface area contributed by atoms with Gasteiger partial charge in [-0.2, -0.15) is 0 Å². The lowest BCUT2D eigenvalue weighted by molar-refractivity contribution is -0.121. The average molecular weight is 277 g/mol. The van der Waals surface area contributed by atoms with Crippen LogP contribution in [-0.4, -0.2) is 28.2 Å². The van der Waals surface area contributed by atoms with E-state index in [4.69, 9.17) is 4.74 Å². The van der Waals surface area contributed by atoms with Crippen LogP contribution in [-0.2, 0) is 9.53 Å². The highest BCUT2D eigenvalue weighted by molar-refractivity contribution is 5.91. The molecule has 0 radical (unpaired) electrons. The first kappa shape index (κ1) is 14.2. The van der Waals surface area contributed by atoms with E-state index in [1.807, 2.05) is 13.8 Å². The fraction of sp³-hybridized carbons (Fsp3) is 0.286. The van der Waals surface area contributed by atoms with Crippen molar-refractivity contribution in [3.05, 3.63) is 42.7 Å². The minimum atomic E-state index is -0.439. The second-order valence-corrected chi connectivity index (χ2v) is 4.54. The molecule has 20 heavy (non-hydrogen) atoms. The number of ether oxygens (including phenoxy) is 1. The highest BCUT2D eigenvalue weighted by Crippen LogP contribution is 2.18. The number of imidazole rings is 1. The number of amides is 1. The Hall–Kier alpha value is -2.21. The SMILES string of the molecule is CC(C)OCC(=O)Nc1ccc(-n2ccnc2)c(F)c1. The van der Waals surface area contributed by atoms with Crippen LogP contribution in [0.1, 0.15) is 13.8 Å². The molecule has 2 rings (SSSR count). The largest absolute Gasteiger partial charge is 0.369 e. The van der Waals surface area contributed by atoms with Crippen molar-refractivity contribution >= 4 is 11.6 Å². The lowest BCUT2D eigenvalue weighted by Crippen LogP contribution is -2.20. The van der Waals surface area contributed by atoms with Crippen LogP contribution in [0.15, 0.2) is 36.9 Å². The molecule has 0 saturated heterocycles. The third-order valence-corrected chi connectivity index (χ3v) is 2.56. The number of hydrogen-bond acceptors (Lipinski definition) is 3. The first-order valence-electron chi connectivity index (χ1n) is 6.25. The summed E-state index contributed by atoms with van der Waals surface area (Å²) in [6.45, 7) is 3.63. The number of halogens is 1. The van der Waals surface area contributed by atoms with Gasteiger partial charge in [0, 0.05) is 18.1 Å². The molecule has 1 amide bonds. The van der Waals surface area contributed by atoms with Gasteiger partial charge in [0.15, 0.2) is 0 Å². The Labute approximate surface area is 116 Å². The van der Waals surface area contributed by atoms with Crippen molar-refractivity contribution in [2.45, 2.75) is 20.0 Å². The normalized spacial score (nSPS) is 10.8. The molecular formula is C14H16FN3O2. The van der Waals surface area contributed by atoms with Crippen molar-refractivity contribution < 1.29 is 13.9 Å². The molecule has 1 aromatic heterocycles. The van der Waals surface area contributed by atoms with Crippen LogP contribution >= 0.6 is 0 Å². The lowest BCUT2D eigenvalue weighted by atomic mass is 10.2. The molecule has 0 unspecified atom stereocenters. The average Bonchev–Trinajstić information content (AvgIpc) is 2.90. The van der Waals surface area contributed by atoms with E-state index in [-0.39, 0.29) is 18.6 Å². The number of nitrogens with zero attached hydrogens (tertiary/aromatic N) is 2. The van der Waals surface area contributed by atoms with Crippen LogP contribution in [0.5, 0.6) is 0 Å². The van der Waals surface area contributed by atoms with Crippen LogP contribution in [0.25, 0.3) is 5.69 Å². The quantitative estimate of drug-likeness (QED) is 0.913. The summed E-state index contributed by atoms with van der Waals surface area (Å²) < 4.78 is 20.7. The maximum Gasteiger partial charge on any atom is 0.250 e. The van der Waals surface area contributed by atoms with E-state index in [2.05, 4.69) is 10.3 Å². The van der Waals surface area contributed by atoms with Gasteiger partial charge in [-0.05, 0) is 32.0 Å². The second-order valence-electron chi connectivity index (χ2n) is 4.54. The zero-order chi connectivity index (χ0) is 14.5. The summed E-state index contributed by atoms with van der Waals surface area (Å²) in [6, 6.07) is 4.48. The van der Waals surface area contributed by atoms with Crippen molar-refractivity contribution in [1.29, 1.82) is 0 Å². The van der Waals surface area contributed by atoms with Crippen molar-refractivity contribution in [3.63, 3.8) is 0 Å². The van der Waals surface area contributed by atoms with Gasteiger partial charge in [-0.1, -0.05) is 0 Å². The number of carbonyl (C=O) groups is 1. The third-order valence-electron chi connectivity index (χ3n) is 2.56. The summed E-state index contributed by atoms with van der Waals surface area (Å²) in [4.78, 5) is 15.4. The van der Waals surface area contributed by atoms with Gasteiger partial charge in [-0.15, -0.1) is 0 Å². The topological polar surface area (TPSA) is 56.1 Å². The highest BCUT2D eigenvalue weighted by Gasteiger charge is 2.08. The second kappa shape index (κ2) is 6.29. The van der Waals surface area contributed by atoms with Gasteiger partial charge in [-0.25, -0.2) is 9.37 Å². The van der Waals surface area contributed by atoms with Gasteiger partial charge in [0.25, 0.3) is 0 Å². The van der Waals surface area contributed by atoms with E-state index in [1.165, 1.54) is 12.4 Å². The zero-order valence-electron chi connectivity index (χ0n) is 11.3. The predicted molar refractivity (Wildman–Crippen MR) is 73.2 cm³/mol. The molecule has 6 heteroatoms. The highest BCUT2D eigenvalue weighted by atomic mass is 19.1. The first-order valence-corrected chi connectivity index (χ1v) is 6.25. The van der Waals surface area contributed by atoms with E-state index < -0.39 is 5.82 Å². The molecule has 1 heterocycles. The molecule has 0 atom stereocenters. The van der Waals surface area contributed by atoms with Gasteiger partial charge in [0.05, 0.1) is 18.1 Å². The summed E-state index contributed by atoms with van der Waals surface area (Å²) in [5.74, 6) is -0.751. The van der Waals surface area contributed by atoms with Gasteiger partial charge < -0.3 is 14.6 Å². The van der Waals surface area contributed by atoms with Gasteiger partial charge in [0.1, 0.15) is 12.4 Å². The van der Waals surface area contributed by atoms with Crippen LogP contribution in [0, 0.1) is 5.82 Å². The van der Waals surface area contributed by atoms with Crippen LogP contribution in [0.2, 0.25) is 0 Å². The number of rotatable bonds is 5. The molecule has 0 spiro atoms. The Morgan fingerprint density at radius 1 is 1.50 bits per heavy atom. The van der Waals surface area contributed by atoms with Crippen molar-refractivity contribution in [1.82, 2.24) is 9.55 Å². The standard InChI is InChI=1S/C14H16FN3O2/c1-10(2)20-8-14(19)17-11-3-4-13(12(15)7-11)18-6-5-16-9-18/h3-7,9-10H,8H2,1-2H3,(H,17,19). The number of benzene rings is 1. The molecule has 106 valence electrons. The molecule has 0 aliphatic heterocycles. The van der Waals surface area contributed by atoms with Gasteiger partial charge in [-0.3, -0.25) is 4.79 Å². The number of nitrogens with one attached hydrogen (secondary N) is 1. The minimum absolute atomic E-state index is 0.0268. The fourth-order valence-electron chi connectivity index (χ4n) is 1.64. The fourth-order valence-corrected chi connectivity index (χ4v) is 1.64. The smallest absolute Gasteiger partial charge is 0.250 e. The maximum absolute atomic E-state index is 13.9. The summed E-state index contributed by atoms with van der Waals surface area (Å²) in [5, 5.41) is 2.58. The summed E-state index contributed by atoms with van der Waals surface area (Å²) in [6.07, 6.45) is 4.69. The Balaban J connectivity index is 2.04. The van der Waals surface area contributed by atoms with E-state index in [0.29, 0.717) is 11.4 Å². The van der Waals surface area contributed by atoms with Crippen LogP contribution < -0.4 is 5.32 Å². The Morgan fingerprint density at radius 3 is 2.90 bits per heavy atom. The number of anilines is 1. The van der Waals surface area contributed by atoms with Crippen molar-refractivity contribution in [3.8, 4) is 5.69 Å². The van der Waals surface area contributed by atoms with Crippen molar-refractivity contribution in [2.75, 3.05) is 11.9 Å². The summed E-state index contributed by atoms with van der Waals surface area (Å²) in [5.41, 5.74) is 0.766. The Morgan fingerprint density at radius 2 is 2.30 bits per heavy atom. The summed E-state index contributed by atoms with van der Waals surface area (Å²) >= 11 is 0. The number of aromatic nitrogens is 2. The minimum Gasteiger partial charge on any atom is -0.369 e. The molecule has 0 saturated carbocycles. The molecule has 0 aliphatic rings. The van der Waals surface area contributed by atoms with E-state index in [9.17, 15) is 9.18 Å². The molecule has 1 N–H and O–H groups in total. The van der Waals surface area contributed by atoms with Gasteiger partial charge >= 0.3 is 0 Å². The van der Waals surface area contributed by atoms with Gasteiger partial charge in [0.2, 0.25) is 5.91 Å². The molecule has 0 fully saturated rings. The molecule has 0 aliphatic carbocycles.